The summed E-state index contributed by atoms with van der Waals surface area (Å²) in [5.41, 5.74) is -0.121. The quantitative estimate of drug-likeness (QED) is 0.793. The van der Waals surface area contributed by atoms with Crippen molar-refractivity contribution in [3.8, 4) is 0 Å². The average molecular weight is 378 g/mol. The Morgan fingerprint density at radius 1 is 1.38 bits per heavy atom. The van der Waals surface area contributed by atoms with Crippen molar-refractivity contribution >= 4 is 29.1 Å². The third kappa shape index (κ3) is 4.03. The monoisotopic (exact) mass is 377 g/mol. The molecule has 0 aliphatic heterocycles. The van der Waals surface area contributed by atoms with Crippen molar-refractivity contribution in [3.63, 3.8) is 0 Å². The molecule has 2 N–H and O–H groups in total. The minimum atomic E-state index is -2.83. The molecule has 0 saturated heterocycles. The lowest BCUT2D eigenvalue weighted by Crippen LogP contribution is -2.38. The number of nitrogens with one attached hydrogen (secondary N) is 2. The topological polar surface area (TPSA) is 67.0 Å². The number of aromatic nitrogens is 2. The number of methoxy groups -OCH3 is 1. The van der Waals surface area contributed by atoms with E-state index < -0.39 is 30.2 Å². The summed E-state index contributed by atoms with van der Waals surface area (Å²) in [4.78, 5) is 12.2. The molecule has 130 valence electrons. The Hall–Kier alpha value is -1.70. The summed E-state index contributed by atoms with van der Waals surface area (Å²) in [6.45, 7) is 1.68. The SMILES string of the molecule is COC(c1ccc(Cl)cc1Cl)C(C)NC(=O)c1cn[nH]c1C(F)F. The summed E-state index contributed by atoms with van der Waals surface area (Å²) in [5.74, 6) is -0.682. The van der Waals surface area contributed by atoms with Gasteiger partial charge in [0.25, 0.3) is 12.3 Å². The zero-order chi connectivity index (χ0) is 17.9. The first-order valence-electron chi connectivity index (χ1n) is 6.95. The number of hydrogen-bond acceptors (Lipinski definition) is 3. The number of rotatable bonds is 6. The van der Waals surface area contributed by atoms with Crippen LogP contribution in [0.4, 0.5) is 8.78 Å². The molecule has 1 aromatic carbocycles. The molecule has 9 heteroatoms. The second kappa shape index (κ2) is 7.92. The van der Waals surface area contributed by atoms with Gasteiger partial charge in [-0.05, 0) is 19.1 Å². The van der Waals surface area contributed by atoms with Crippen LogP contribution in [0.1, 0.15) is 41.1 Å². The van der Waals surface area contributed by atoms with Crippen LogP contribution in [-0.4, -0.2) is 29.3 Å². The number of benzene rings is 1. The van der Waals surface area contributed by atoms with Gasteiger partial charge in [-0.15, -0.1) is 0 Å². The van der Waals surface area contributed by atoms with Crippen LogP contribution in [0.3, 0.4) is 0 Å². The van der Waals surface area contributed by atoms with Crippen molar-refractivity contribution in [2.45, 2.75) is 25.5 Å². The third-order valence-electron chi connectivity index (χ3n) is 3.47. The van der Waals surface area contributed by atoms with E-state index in [0.29, 0.717) is 15.6 Å². The van der Waals surface area contributed by atoms with Crippen LogP contribution in [0.2, 0.25) is 10.0 Å². The lowest BCUT2D eigenvalue weighted by atomic mass is 10.0. The van der Waals surface area contributed by atoms with Gasteiger partial charge in [0.2, 0.25) is 0 Å². The lowest BCUT2D eigenvalue weighted by Gasteiger charge is -2.25. The van der Waals surface area contributed by atoms with E-state index in [-0.39, 0.29) is 5.56 Å². The number of alkyl halides is 2. The molecule has 0 fully saturated rings. The van der Waals surface area contributed by atoms with Crippen LogP contribution >= 0.6 is 23.2 Å². The highest BCUT2D eigenvalue weighted by Crippen LogP contribution is 2.30. The smallest absolute Gasteiger partial charge is 0.280 e. The molecule has 2 rings (SSSR count). The maximum Gasteiger partial charge on any atom is 0.280 e. The summed E-state index contributed by atoms with van der Waals surface area (Å²) in [7, 11) is 1.46. The fourth-order valence-corrected chi connectivity index (χ4v) is 2.85. The van der Waals surface area contributed by atoms with Crippen LogP contribution < -0.4 is 5.32 Å². The summed E-state index contributed by atoms with van der Waals surface area (Å²) >= 11 is 12.0. The Labute approximate surface area is 147 Å². The van der Waals surface area contributed by atoms with Crippen molar-refractivity contribution in [2.75, 3.05) is 7.11 Å². The molecule has 0 bridgehead atoms. The molecule has 2 atom stereocenters. The predicted octanol–water partition coefficient (Wildman–Crippen LogP) is 4.16. The molecule has 0 saturated carbocycles. The molecule has 1 amide bonds. The van der Waals surface area contributed by atoms with Gasteiger partial charge in [-0.1, -0.05) is 29.3 Å². The largest absolute Gasteiger partial charge is 0.375 e. The molecule has 5 nitrogen and oxygen atoms in total. The van der Waals surface area contributed by atoms with E-state index in [1.807, 2.05) is 0 Å². The summed E-state index contributed by atoms with van der Waals surface area (Å²) in [6.07, 6.45) is -2.35. The lowest BCUT2D eigenvalue weighted by molar-refractivity contribution is 0.0641. The van der Waals surface area contributed by atoms with Crippen LogP contribution in [0, 0.1) is 0 Å². The fraction of sp³-hybridized carbons (Fsp3) is 0.333. The number of halogens is 4. The van der Waals surface area contributed by atoms with Gasteiger partial charge in [-0.2, -0.15) is 5.10 Å². The number of hydrogen-bond donors (Lipinski definition) is 2. The highest BCUT2D eigenvalue weighted by molar-refractivity contribution is 6.35. The third-order valence-corrected chi connectivity index (χ3v) is 4.03. The molecule has 0 aliphatic rings. The molecule has 1 heterocycles. The maximum atomic E-state index is 12.8. The molecule has 2 unspecified atom stereocenters. The minimum Gasteiger partial charge on any atom is -0.375 e. The minimum absolute atomic E-state index is 0.214. The van der Waals surface area contributed by atoms with E-state index in [0.717, 1.165) is 6.20 Å². The Bertz CT molecular complexity index is 724. The molecule has 2 aromatic rings. The van der Waals surface area contributed by atoms with Crippen LogP contribution in [-0.2, 0) is 4.74 Å². The second-order valence-corrected chi connectivity index (χ2v) is 5.93. The van der Waals surface area contributed by atoms with Crippen molar-refractivity contribution in [2.24, 2.45) is 0 Å². The van der Waals surface area contributed by atoms with Crippen LogP contribution in [0.5, 0.6) is 0 Å². The molecule has 1 aromatic heterocycles. The van der Waals surface area contributed by atoms with Gasteiger partial charge in [0.05, 0.1) is 17.8 Å². The summed E-state index contributed by atoms with van der Waals surface area (Å²) < 4.78 is 31.1. The van der Waals surface area contributed by atoms with Crippen LogP contribution in [0.15, 0.2) is 24.4 Å². The zero-order valence-electron chi connectivity index (χ0n) is 12.8. The number of aromatic amines is 1. The Morgan fingerprint density at radius 3 is 2.67 bits per heavy atom. The van der Waals surface area contributed by atoms with Gasteiger partial charge < -0.3 is 10.1 Å². The Balaban J connectivity index is 2.18. The van der Waals surface area contributed by atoms with Gasteiger partial charge in [0, 0.05) is 22.7 Å². The number of H-pyrrole nitrogens is 1. The van der Waals surface area contributed by atoms with E-state index in [2.05, 4.69) is 15.5 Å². The molecular weight excluding hydrogens is 363 g/mol. The van der Waals surface area contributed by atoms with Crippen LogP contribution in [0.25, 0.3) is 0 Å². The summed E-state index contributed by atoms with van der Waals surface area (Å²) in [5, 5.41) is 9.08. The second-order valence-electron chi connectivity index (χ2n) is 5.08. The first kappa shape index (κ1) is 18.6. The maximum absolute atomic E-state index is 12.8. The van der Waals surface area contributed by atoms with E-state index in [4.69, 9.17) is 27.9 Å². The van der Waals surface area contributed by atoms with E-state index in [1.54, 1.807) is 25.1 Å². The standard InChI is InChI=1S/C15H15Cl2F2N3O2/c1-7(13(24-2)9-4-3-8(16)5-11(9)17)21-15(23)10-6-20-22-12(10)14(18)19/h3-7,13-14H,1-2H3,(H,20,22)(H,21,23). The van der Waals surface area contributed by atoms with Gasteiger partial charge in [0.1, 0.15) is 11.8 Å². The highest BCUT2D eigenvalue weighted by Gasteiger charge is 2.26. The van der Waals surface area contributed by atoms with Crippen molar-refractivity contribution in [1.82, 2.24) is 15.5 Å². The van der Waals surface area contributed by atoms with Gasteiger partial charge in [-0.25, -0.2) is 8.78 Å². The molecule has 0 radical (unpaired) electrons. The normalized spacial score (nSPS) is 13.8. The number of amides is 1. The fourth-order valence-electron chi connectivity index (χ4n) is 2.34. The number of carbonyl (C=O) groups excluding carboxylic acids is 1. The zero-order valence-corrected chi connectivity index (χ0v) is 14.3. The van der Waals surface area contributed by atoms with E-state index in [1.165, 1.54) is 7.11 Å². The number of carbonyl (C=O) groups is 1. The Morgan fingerprint density at radius 2 is 2.08 bits per heavy atom. The molecular formula is C15H15Cl2F2N3O2. The van der Waals surface area contributed by atoms with Gasteiger partial charge in [0.15, 0.2) is 0 Å². The number of nitrogens with zero attached hydrogens (tertiary/aromatic N) is 1. The van der Waals surface area contributed by atoms with Crippen molar-refractivity contribution in [1.29, 1.82) is 0 Å². The number of ether oxygens (including phenoxy) is 1. The molecule has 0 aliphatic carbocycles. The van der Waals surface area contributed by atoms with Gasteiger partial charge in [-0.3, -0.25) is 9.89 Å². The summed E-state index contributed by atoms with van der Waals surface area (Å²) in [6, 6.07) is 4.35. The molecule has 24 heavy (non-hydrogen) atoms. The van der Waals surface area contributed by atoms with Crippen molar-refractivity contribution in [3.05, 3.63) is 51.3 Å². The molecule has 0 spiro atoms. The predicted molar refractivity (Wildman–Crippen MR) is 86.7 cm³/mol. The van der Waals surface area contributed by atoms with E-state index >= 15 is 0 Å². The Kier molecular flexibility index (Phi) is 6.15. The van der Waals surface area contributed by atoms with E-state index in [9.17, 15) is 13.6 Å². The highest BCUT2D eigenvalue weighted by atomic mass is 35.5. The first-order chi connectivity index (χ1) is 11.3. The first-order valence-corrected chi connectivity index (χ1v) is 7.70. The average Bonchev–Trinajstić information content (AvgIpc) is 3.00. The van der Waals surface area contributed by atoms with Gasteiger partial charge >= 0.3 is 0 Å². The van der Waals surface area contributed by atoms with Crippen molar-refractivity contribution < 1.29 is 18.3 Å².